The Bertz CT molecular complexity index is 289. The third kappa shape index (κ3) is 8.17. The van der Waals surface area contributed by atoms with E-state index in [-0.39, 0.29) is 36.5 Å². The predicted molar refractivity (Wildman–Crippen MR) is 67.4 cm³/mol. The van der Waals surface area contributed by atoms with Crippen LogP contribution in [0.1, 0.15) is 0 Å². The van der Waals surface area contributed by atoms with Crippen LogP contribution in [-0.2, 0) is 19.7 Å². The van der Waals surface area contributed by atoms with E-state index in [9.17, 15) is 8.42 Å². The zero-order chi connectivity index (χ0) is 12.6. The lowest BCUT2D eigenvalue weighted by molar-refractivity contribution is 0.676. The Morgan fingerprint density at radius 1 is 0.812 bits per heavy atom. The molecule has 0 saturated heterocycles. The van der Waals surface area contributed by atoms with E-state index in [0.717, 1.165) is 0 Å². The first-order valence-corrected chi connectivity index (χ1v) is 7.47. The smallest absolute Gasteiger partial charge is 0.185 e. The Morgan fingerprint density at radius 3 is 1.38 bits per heavy atom. The molecule has 2 atom stereocenters. The van der Waals surface area contributed by atoms with Crippen LogP contribution in [0.4, 0.5) is 0 Å². The van der Waals surface area contributed by atoms with E-state index in [1.165, 1.54) is 0 Å². The fraction of sp³-hybridized carbons (Fsp3) is 0.667. The summed E-state index contributed by atoms with van der Waals surface area (Å²) < 4.78 is 22.7. The van der Waals surface area contributed by atoms with Gasteiger partial charge in [0, 0.05) is 0 Å². The Hall–Kier alpha value is -1.16. The molecule has 94 valence electrons. The van der Waals surface area contributed by atoms with Crippen molar-refractivity contribution in [1.82, 2.24) is 0 Å². The first-order chi connectivity index (χ1) is 7.43. The molecule has 0 aliphatic heterocycles. The zero-order valence-electron chi connectivity index (χ0n) is 8.67. The maximum atomic E-state index is 11.3. The summed E-state index contributed by atoms with van der Waals surface area (Å²) in [5, 5.41) is 0. The van der Waals surface area contributed by atoms with Gasteiger partial charge < -0.3 is 22.9 Å². The predicted octanol–water partition coefficient (Wildman–Crippen LogP) is -3.05. The largest absolute Gasteiger partial charge is 0.370 e. The van der Waals surface area contributed by atoms with E-state index in [0.29, 0.717) is 0 Å². The molecule has 16 heavy (non-hydrogen) atoms. The molecule has 8 nitrogen and oxygen atoms in total. The van der Waals surface area contributed by atoms with Gasteiger partial charge in [0.05, 0.1) is 24.6 Å². The van der Waals surface area contributed by atoms with Crippen molar-refractivity contribution < 1.29 is 8.42 Å². The lowest BCUT2D eigenvalue weighted by Crippen LogP contribution is -2.24. The van der Waals surface area contributed by atoms with Gasteiger partial charge in [-0.15, -0.1) is 0 Å². The molecule has 0 heterocycles. The minimum Gasteiger partial charge on any atom is -0.370 e. The molecule has 0 aliphatic carbocycles. The molecule has 0 aromatic heterocycles. The average molecular weight is 268 g/mol. The second-order valence-corrected chi connectivity index (χ2v) is 6.89. The van der Waals surface area contributed by atoms with Crippen molar-refractivity contribution in [3.8, 4) is 0 Å². The molecule has 0 aromatic rings. The van der Waals surface area contributed by atoms with E-state index >= 15 is 0 Å². The number of rotatable bonds is 7. The van der Waals surface area contributed by atoms with Crippen molar-refractivity contribution in [2.75, 3.05) is 24.6 Å². The summed E-state index contributed by atoms with van der Waals surface area (Å²) >= 11 is 0. The van der Waals surface area contributed by atoms with Crippen LogP contribution in [0.3, 0.4) is 0 Å². The van der Waals surface area contributed by atoms with Gasteiger partial charge in [0.1, 0.15) is 19.7 Å². The van der Waals surface area contributed by atoms with E-state index in [1.807, 2.05) is 0 Å². The fourth-order valence-corrected chi connectivity index (χ4v) is 3.10. The number of nitrogens with two attached hydrogens (primary N) is 4. The van der Waals surface area contributed by atoms with Gasteiger partial charge in [-0.05, 0) is 0 Å². The Labute approximate surface area is 97.9 Å². The number of hydrogen-bond acceptors (Lipinski definition) is 4. The van der Waals surface area contributed by atoms with E-state index in [2.05, 4.69) is 9.98 Å². The average Bonchev–Trinajstić information content (AvgIpc) is 2.16. The molecule has 0 bridgehead atoms. The maximum Gasteiger partial charge on any atom is 0.185 e. The van der Waals surface area contributed by atoms with Crippen LogP contribution in [0, 0.1) is 0 Å². The molecule has 0 radical (unpaired) electrons. The van der Waals surface area contributed by atoms with Gasteiger partial charge in [0.2, 0.25) is 0 Å². The zero-order valence-corrected chi connectivity index (χ0v) is 10.3. The van der Waals surface area contributed by atoms with Gasteiger partial charge in [0.15, 0.2) is 11.9 Å². The first-order valence-electron chi connectivity index (χ1n) is 4.31. The topological polar surface area (TPSA) is 163 Å². The Morgan fingerprint density at radius 2 is 1.12 bits per heavy atom. The van der Waals surface area contributed by atoms with Crippen molar-refractivity contribution in [2.24, 2.45) is 32.9 Å². The molecule has 0 rings (SSSR count). The van der Waals surface area contributed by atoms with Gasteiger partial charge in [0.25, 0.3) is 0 Å². The fourth-order valence-electron chi connectivity index (χ4n) is 0.684. The molecule has 0 aromatic carbocycles. The van der Waals surface area contributed by atoms with Crippen molar-refractivity contribution in [3.05, 3.63) is 0 Å². The molecule has 2 unspecified atom stereocenters. The molecule has 0 saturated carbocycles. The van der Waals surface area contributed by atoms with Crippen molar-refractivity contribution >= 4 is 31.6 Å². The van der Waals surface area contributed by atoms with Crippen LogP contribution in [0.2, 0.25) is 0 Å². The first kappa shape index (κ1) is 14.8. The van der Waals surface area contributed by atoms with Crippen LogP contribution in [-0.4, -0.2) is 44.9 Å². The number of nitrogens with zero attached hydrogens (tertiary/aromatic N) is 2. The SMILES string of the molecule is NC(N)=NCCS(=O)S(=O)CCN=C(N)N. The highest BCUT2D eigenvalue weighted by Gasteiger charge is 2.08. The third-order valence-electron chi connectivity index (χ3n) is 1.31. The summed E-state index contributed by atoms with van der Waals surface area (Å²) in [5.74, 6) is 0.130. The van der Waals surface area contributed by atoms with Crippen molar-refractivity contribution in [2.45, 2.75) is 0 Å². The van der Waals surface area contributed by atoms with Crippen LogP contribution >= 0.6 is 0 Å². The molecular formula is C6H16N6O2S2. The van der Waals surface area contributed by atoms with Crippen LogP contribution in [0.5, 0.6) is 0 Å². The summed E-state index contributed by atoms with van der Waals surface area (Å²) in [4.78, 5) is 7.27. The minimum absolute atomic E-state index is 0.0803. The second-order valence-electron chi connectivity index (χ2n) is 2.63. The molecule has 8 N–H and O–H groups in total. The van der Waals surface area contributed by atoms with Crippen LogP contribution in [0.25, 0.3) is 0 Å². The van der Waals surface area contributed by atoms with Gasteiger partial charge in [-0.3, -0.25) is 9.98 Å². The lowest BCUT2D eigenvalue weighted by Gasteiger charge is -1.99. The molecule has 10 heteroatoms. The maximum absolute atomic E-state index is 11.3. The van der Waals surface area contributed by atoms with Crippen LogP contribution in [0.15, 0.2) is 9.98 Å². The Kier molecular flexibility index (Phi) is 7.46. The number of guanidine groups is 2. The van der Waals surface area contributed by atoms with Crippen molar-refractivity contribution in [1.29, 1.82) is 0 Å². The van der Waals surface area contributed by atoms with E-state index < -0.39 is 19.7 Å². The molecule has 0 spiro atoms. The van der Waals surface area contributed by atoms with Crippen LogP contribution < -0.4 is 22.9 Å². The summed E-state index contributed by atoms with van der Waals surface area (Å²) in [6.45, 7) is 0.367. The highest BCUT2D eigenvalue weighted by molar-refractivity contribution is 8.61. The lowest BCUT2D eigenvalue weighted by atomic mass is 10.8. The molecule has 0 amide bonds. The normalized spacial score (nSPS) is 13.8. The van der Waals surface area contributed by atoms with Gasteiger partial charge in [-0.25, -0.2) is 8.42 Å². The van der Waals surface area contributed by atoms with E-state index in [4.69, 9.17) is 22.9 Å². The summed E-state index contributed by atoms with van der Waals surface area (Å²) in [5.41, 5.74) is 20.3. The monoisotopic (exact) mass is 268 g/mol. The highest BCUT2D eigenvalue weighted by Crippen LogP contribution is 1.93. The molecule has 0 aliphatic rings. The summed E-state index contributed by atoms with van der Waals surface area (Å²) in [7, 11) is -2.99. The third-order valence-corrected chi connectivity index (χ3v) is 5.00. The highest BCUT2D eigenvalue weighted by atomic mass is 33.1. The van der Waals surface area contributed by atoms with Gasteiger partial charge >= 0.3 is 0 Å². The van der Waals surface area contributed by atoms with Crippen molar-refractivity contribution in [3.63, 3.8) is 0 Å². The minimum atomic E-state index is -1.49. The second kappa shape index (κ2) is 8.05. The number of hydrogen-bond donors (Lipinski definition) is 4. The standard InChI is InChI=1S/C6H16N6O2S2/c7-5(8)11-1-3-15(13)16(14)4-2-12-6(9)10/h1-4H2,(H4,7,8,11)(H4,9,10,12). The van der Waals surface area contributed by atoms with Gasteiger partial charge in [-0.2, -0.15) is 0 Å². The molecular weight excluding hydrogens is 252 g/mol. The quantitative estimate of drug-likeness (QED) is 0.217. The van der Waals surface area contributed by atoms with E-state index in [1.54, 1.807) is 0 Å². The summed E-state index contributed by atoms with van der Waals surface area (Å²) in [6.07, 6.45) is 0. The Balaban J connectivity index is 3.87. The van der Waals surface area contributed by atoms with Gasteiger partial charge in [-0.1, -0.05) is 0 Å². The number of aliphatic imine (C=N–C) groups is 2. The summed E-state index contributed by atoms with van der Waals surface area (Å²) in [6, 6.07) is 0. The molecule has 0 fully saturated rings.